The second kappa shape index (κ2) is 6.18. The molecule has 1 heterocycles. The molecular weight excluding hydrogens is 232 g/mol. The Morgan fingerprint density at radius 3 is 2.67 bits per heavy atom. The molecule has 18 heavy (non-hydrogen) atoms. The number of carbonyl (C=O) groups is 2. The predicted octanol–water partition coefficient (Wildman–Crippen LogP) is 1.07. The molecule has 0 aromatic carbocycles. The highest BCUT2D eigenvalue weighted by molar-refractivity contribution is 5.81. The highest BCUT2D eigenvalue weighted by Gasteiger charge is 2.43. The summed E-state index contributed by atoms with van der Waals surface area (Å²) in [7, 11) is 0. The fourth-order valence-corrected chi connectivity index (χ4v) is 2.70. The zero-order chi connectivity index (χ0) is 13.8. The van der Waals surface area contributed by atoms with E-state index in [4.69, 9.17) is 5.73 Å². The number of carboxylic acids is 1. The van der Waals surface area contributed by atoms with Crippen molar-refractivity contribution < 1.29 is 14.7 Å². The van der Waals surface area contributed by atoms with E-state index < -0.39 is 11.4 Å². The van der Waals surface area contributed by atoms with Crippen LogP contribution < -0.4 is 5.73 Å². The lowest BCUT2D eigenvalue weighted by molar-refractivity contribution is -0.156. The van der Waals surface area contributed by atoms with Crippen LogP contribution in [0.15, 0.2) is 0 Å². The molecule has 1 amide bonds. The van der Waals surface area contributed by atoms with Crippen LogP contribution in [0, 0.1) is 11.3 Å². The third-order valence-corrected chi connectivity index (χ3v) is 3.85. The molecule has 1 rings (SSSR count). The molecule has 0 bridgehead atoms. The number of rotatable bonds is 5. The number of nitrogens with two attached hydrogens (primary N) is 1. The number of carboxylic acid groups (broad SMARTS) is 1. The van der Waals surface area contributed by atoms with Crippen molar-refractivity contribution in [3.63, 3.8) is 0 Å². The van der Waals surface area contributed by atoms with Gasteiger partial charge in [-0.1, -0.05) is 20.3 Å². The first kappa shape index (κ1) is 15.0. The monoisotopic (exact) mass is 256 g/mol. The summed E-state index contributed by atoms with van der Waals surface area (Å²) < 4.78 is 0. The molecule has 1 saturated heterocycles. The number of aliphatic carboxylic acids is 1. The van der Waals surface area contributed by atoms with E-state index in [1.165, 1.54) is 0 Å². The van der Waals surface area contributed by atoms with E-state index in [9.17, 15) is 14.7 Å². The first-order chi connectivity index (χ1) is 8.46. The lowest BCUT2D eigenvalue weighted by Crippen LogP contribution is -2.51. The third kappa shape index (κ3) is 3.02. The molecule has 3 N–H and O–H groups in total. The van der Waals surface area contributed by atoms with Gasteiger partial charge in [-0.3, -0.25) is 9.59 Å². The summed E-state index contributed by atoms with van der Waals surface area (Å²) in [5.74, 6) is -1.02. The number of piperidine rings is 1. The van der Waals surface area contributed by atoms with Gasteiger partial charge in [0.2, 0.25) is 5.91 Å². The molecule has 1 fully saturated rings. The summed E-state index contributed by atoms with van der Waals surface area (Å²) in [4.78, 5) is 25.3. The number of hydrogen-bond donors (Lipinski definition) is 2. The number of nitrogens with zero attached hydrogens (tertiary/aromatic N) is 1. The minimum atomic E-state index is -0.776. The fraction of sp³-hybridized carbons (Fsp3) is 0.846. The molecule has 0 aromatic heterocycles. The molecule has 5 nitrogen and oxygen atoms in total. The minimum absolute atomic E-state index is 0.0149. The van der Waals surface area contributed by atoms with Crippen molar-refractivity contribution in [1.82, 2.24) is 4.90 Å². The first-order valence-electron chi connectivity index (χ1n) is 6.69. The zero-order valence-electron chi connectivity index (χ0n) is 11.3. The molecule has 0 aliphatic carbocycles. The van der Waals surface area contributed by atoms with Gasteiger partial charge in [-0.05, 0) is 19.3 Å². The average molecular weight is 256 g/mol. The van der Waals surface area contributed by atoms with Gasteiger partial charge in [0.25, 0.3) is 0 Å². The third-order valence-electron chi connectivity index (χ3n) is 3.85. The molecule has 0 radical (unpaired) electrons. The number of hydrogen-bond acceptors (Lipinski definition) is 3. The summed E-state index contributed by atoms with van der Waals surface area (Å²) >= 11 is 0. The van der Waals surface area contributed by atoms with Crippen LogP contribution in [0.2, 0.25) is 0 Å². The lowest BCUT2D eigenvalue weighted by atomic mass is 9.76. The molecule has 1 aliphatic rings. The van der Waals surface area contributed by atoms with Crippen LogP contribution >= 0.6 is 0 Å². The van der Waals surface area contributed by atoms with E-state index in [-0.39, 0.29) is 11.8 Å². The topological polar surface area (TPSA) is 83.6 Å². The Morgan fingerprint density at radius 1 is 1.50 bits per heavy atom. The van der Waals surface area contributed by atoms with E-state index in [0.29, 0.717) is 32.5 Å². The summed E-state index contributed by atoms with van der Waals surface area (Å²) in [6.07, 6.45) is 2.87. The maximum Gasteiger partial charge on any atom is 0.311 e. The highest BCUT2D eigenvalue weighted by Crippen LogP contribution is 2.35. The van der Waals surface area contributed by atoms with Crippen molar-refractivity contribution >= 4 is 11.9 Å². The van der Waals surface area contributed by atoms with Gasteiger partial charge < -0.3 is 15.7 Å². The smallest absolute Gasteiger partial charge is 0.311 e. The van der Waals surface area contributed by atoms with E-state index in [1.54, 1.807) is 11.8 Å². The van der Waals surface area contributed by atoms with Gasteiger partial charge in [-0.15, -0.1) is 0 Å². The van der Waals surface area contributed by atoms with E-state index in [2.05, 4.69) is 0 Å². The Hall–Kier alpha value is -1.10. The van der Waals surface area contributed by atoms with Crippen molar-refractivity contribution in [3.8, 4) is 0 Å². The summed E-state index contributed by atoms with van der Waals surface area (Å²) in [5, 5.41) is 9.45. The largest absolute Gasteiger partial charge is 0.481 e. The normalized spacial score (nSPS) is 25.8. The Labute approximate surface area is 108 Å². The molecule has 104 valence electrons. The second-order valence-corrected chi connectivity index (χ2v) is 5.34. The second-order valence-electron chi connectivity index (χ2n) is 5.34. The number of carbonyl (C=O) groups excluding carboxylic acids is 1. The summed E-state index contributed by atoms with van der Waals surface area (Å²) in [5.41, 5.74) is 4.75. The van der Waals surface area contributed by atoms with Crippen LogP contribution in [0.4, 0.5) is 0 Å². The average Bonchev–Trinajstić information content (AvgIpc) is 2.37. The van der Waals surface area contributed by atoms with Crippen LogP contribution in [0.5, 0.6) is 0 Å². The van der Waals surface area contributed by atoms with Crippen molar-refractivity contribution in [1.29, 1.82) is 0 Å². The Balaban J connectivity index is 2.81. The molecule has 5 heteroatoms. The SMILES string of the molecule is CCCC1(C(=O)O)CCCN(C(=O)C(C)CN)C1. The van der Waals surface area contributed by atoms with Crippen molar-refractivity contribution in [3.05, 3.63) is 0 Å². The van der Waals surface area contributed by atoms with Crippen LogP contribution in [0.3, 0.4) is 0 Å². The summed E-state index contributed by atoms with van der Waals surface area (Å²) in [6, 6.07) is 0. The molecular formula is C13H24N2O3. The minimum Gasteiger partial charge on any atom is -0.481 e. The number of amides is 1. The van der Waals surface area contributed by atoms with Gasteiger partial charge >= 0.3 is 5.97 Å². The molecule has 0 saturated carbocycles. The standard InChI is InChI=1S/C13H24N2O3/c1-3-5-13(12(17)18)6-4-7-15(9-13)11(16)10(2)8-14/h10H,3-9,14H2,1-2H3,(H,17,18). The van der Waals surface area contributed by atoms with Crippen molar-refractivity contribution in [2.75, 3.05) is 19.6 Å². The molecule has 1 aliphatic heterocycles. The predicted molar refractivity (Wildman–Crippen MR) is 69.0 cm³/mol. The fourth-order valence-electron chi connectivity index (χ4n) is 2.70. The number of likely N-dealkylation sites (tertiary alicyclic amines) is 1. The Kier molecular flexibility index (Phi) is 5.14. The van der Waals surface area contributed by atoms with Crippen molar-refractivity contribution in [2.24, 2.45) is 17.1 Å². The maximum absolute atomic E-state index is 12.1. The van der Waals surface area contributed by atoms with Gasteiger partial charge in [-0.25, -0.2) is 0 Å². The van der Waals surface area contributed by atoms with E-state index >= 15 is 0 Å². The highest BCUT2D eigenvalue weighted by atomic mass is 16.4. The van der Waals surface area contributed by atoms with E-state index in [0.717, 1.165) is 12.8 Å². The molecule has 0 spiro atoms. The summed E-state index contributed by atoms with van der Waals surface area (Å²) in [6.45, 7) is 5.07. The molecule has 2 atom stereocenters. The van der Waals surface area contributed by atoms with Gasteiger partial charge in [0.15, 0.2) is 0 Å². The van der Waals surface area contributed by atoms with Crippen LogP contribution in [-0.4, -0.2) is 41.5 Å². The van der Waals surface area contributed by atoms with Crippen LogP contribution in [-0.2, 0) is 9.59 Å². The molecule has 2 unspecified atom stereocenters. The maximum atomic E-state index is 12.1. The quantitative estimate of drug-likeness (QED) is 0.771. The van der Waals surface area contributed by atoms with Gasteiger partial charge in [0, 0.05) is 25.6 Å². The van der Waals surface area contributed by atoms with Crippen molar-refractivity contribution in [2.45, 2.75) is 39.5 Å². The lowest BCUT2D eigenvalue weighted by Gasteiger charge is -2.40. The Morgan fingerprint density at radius 2 is 2.17 bits per heavy atom. The van der Waals surface area contributed by atoms with Gasteiger partial charge in [0.1, 0.15) is 0 Å². The van der Waals surface area contributed by atoms with Gasteiger partial charge in [-0.2, -0.15) is 0 Å². The Bertz CT molecular complexity index is 315. The molecule has 0 aromatic rings. The van der Waals surface area contributed by atoms with Gasteiger partial charge in [0.05, 0.1) is 5.41 Å². The van der Waals surface area contributed by atoms with Crippen LogP contribution in [0.25, 0.3) is 0 Å². The zero-order valence-corrected chi connectivity index (χ0v) is 11.3. The first-order valence-corrected chi connectivity index (χ1v) is 6.69. The van der Waals surface area contributed by atoms with Crippen LogP contribution in [0.1, 0.15) is 39.5 Å². The van der Waals surface area contributed by atoms with E-state index in [1.807, 2.05) is 6.92 Å².